The quantitative estimate of drug-likeness (QED) is 0.905. The first-order valence-corrected chi connectivity index (χ1v) is 9.27. The van der Waals surface area contributed by atoms with Crippen LogP contribution in [0.4, 0.5) is 5.69 Å². The van der Waals surface area contributed by atoms with Crippen molar-refractivity contribution in [2.24, 2.45) is 0 Å². The Morgan fingerprint density at radius 3 is 2.63 bits per heavy atom. The fraction of sp³-hybridized carbons (Fsp3) is 0.333. The Morgan fingerprint density at radius 2 is 1.81 bits per heavy atom. The number of fused-ring (bicyclic) bond motifs is 1. The molecule has 0 aliphatic carbocycles. The van der Waals surface area contributed by atoms with Crippen LogP contribution in [0.25, 0.3) is 0 Å². The number of para-hydroxylation sites is 2. The summed E-state index contributed by atoms with van der Waals surface area (Å²) in [6, 6.07) is 15.1. The standard InChI is InChI=1S/C21H23N3O3/c1-23-17-10-4-2-8-15(17)21(26)22-20(23)16-9-3-5-11-18(16)27-14-19(25)24-12-6-7-13-24/h2-5,8-11,20H,6-7,12-14H2,1H3,(H,22,26). The van der Waals surface area contributed by atoms with E-state index in [-0.39, 0.29) is 24.6 Å². The molecule has 0 bridgehead atoms. The first-order valence-electron chi connectivity index (χ1n) is 9.27. The molecule has 2 aromatic carbocycles. The van der Waals surface area contributed by atoms with E-state index in [0.29, 0.717) is 11.3 Å². The molecule has 140 valence electrons. The molecule has 2 aliphatic heterocycles. The van der Waals surface area contributed by atoms with E-state index in [0.717, 1.165) is 37.2 Å². The number of amides is 2. The van der Waals surface area contributed by atoms with Gasteiger partial charge in [0.2, 0.25) is 0 Å². The summed E-state index contributed by atoms with van der Waals surface area (Å²) in [6.07, 6.45) is 1.76. The van der Waals surface area contributed by atoms with Gasteiger partial charge in [-0.2, -0.15) is 0 Å². The molecule has 6 heteroatoms. The topological polar surface area (TPSA) is 61.9 Å². The molecule has 1 unspecified atom stereocenters. The molecule has 1 saturated heterocycles. The van der Waals surface area contributed by atoms with Gasteiger partial charge < -0.3 is 19.9 Å². The molecule has 1 fully saturated rings. The Bertz CT molecular complexity index is 861. The van der Waals surface area contributed by atoms with Crippen molar-refractivity contribution in [2.45, 2.75) is 19.0 Å². The number of benzene rings is 2. The van der Waals surface area contributed by atoms with Gasteiger partial charge in [0, 0.05) is 25.7 Å². The van der Waals surface area contributed by atoms with Crippen molar-refractivity contribution >= 4 is 17.5 Å². The summed E-state index contributed by atoms with van der Waals surface area (Å²) in [7, 11) is 1.94. The zero-order valence-electron chi connectivity index (χ0n) is 15.4. The molecular weight excluding hydrogens is 342 g/mol. The van der Waals surface area contributed by atoms with E-state index in [2.05, 4.69) is 5.32 Å². The maximum Gasteiger partial charge on any atom is 0.260 e. The van der Waals surface area contributed by atoms with Gasteiger partial charge in [-0.25, -0.2) is 0 Å². The number of nitrogens with one attached hydrogen (secondary N) is 1. The van der Waals surface area contributed by atoms with Crippen molar-refractivity contribution < 1.29 is 14.3 Å². The minimum Gasteiger partial charge on any atom is -0.483 e. The Hall–Kier alpha value is -3.02. The van der Waals surface area contributed by atoms with Gasteiger partial charge in [0.05, 0.1) is 11.3 Å². The Morgan fingerprint density at radius 1 is 1.11 bits per heavy atom. The number of hydrogen-bond acceptors (Lipinski definition) is 4. The number of nitrogens with zero attached hydrogens (tertiary/aromatic N) is 2. The molecule has 27 heavy (non-hydrogen) atoms. The highest BCUT2D eigenvalue weighted by Gasteiger charge is 2.31. The Kier molecular flexibility index (Phi) is 4.71. The molecule has 0 aromatic heterocycles. The van der Waals surface area contributed by atoms with Crippen LogP contribution in [0.1, 0.15) is 34.9 Å². The van der Waals surface area contributed by atoms with Crippen LogP contribution < -0.4 is 15.0 Å². The average molecular weight is 365 g/mol. The molecule has 2 amide bonds. The zero-order valence-corrected chi connectivity index (χ0v) is 15.4. The minimum atomic E-state index is -0.356. The summed E-state index contributed by atoms with van der Waals surface area (Å²) >= 11 is 0. The molecule has 0 saturated carbocycles. The number of rotatable bonds is 4. The fourth-order valence-corrected chi connectivity index (χ4v) is 3.73. The van der Waals surface area contributed by atoms with E-state index in [1.54, 1.807) is 0 Å². The van der Waals surface area contributed by atoms with Crippen LogP contribution in [0.15, 0.2) is 48.5 Å². The lowest BCUT2D eigenvalue weighted by Gasteiger charge is -2.37. The van der Waals surface area contributed by atoms with Crippen LogP contribution in [0.3, 0.4) is 0 Å². The third-order valence-electron chi connectivity index (χ3n) is 5.21. The number of likely N-dealkylation sites (tertiary alicyclic amines) is 1. The molecule has 2 aliphatic rings. The van der Waals surface area contributed by atoms with E-state index in [1.807, 2.05) is 65.4 Å². The van der Waals surface area contributed by atoms with Crippen LogP contribution in [0, 0.1) is 0 Å². The molecular formula is C21H23N3O3. The lowest BCUT2D eigenvalue weighted by atomic mass is 10.0. The molecule has 2 heterocycles. The van der Waals surface area contributed by atoms with Crippen LogP contribution in [0.5, 0.6) is 5.75 Å². The second-order valence-corrected chi connectivity index (χ2v) is 6.92. The van der Waals surface area contributed by atoms with Gasteiger partial charge in [-0.1, -0.05) is 30.3 Å². The fourth-order valence-electron chi connectivity index (χ4n) is 3.73. The van der Waals surface area contributed by atoms with Crippen LogP contribution in [0.2, 0.25) is 0 Å². The van der Waals surface area contributed by atoms with Crippen molar-refractivity contribution in [1.82, 2.24) is 10.2 Å². The number of carbonyl (C=O) groups excluding carboxylic acids is 2. The van der Waals surface area contributed by atoms with Crippen molar-refractivity contribution in [1.29, 1.82) is 0 Å². The first kappa shape index (κ1) is 17.4. The molecule has 1 N–H and O–H groups in total. The molecule has 4 rings (SSSR count). The van der Waals surface area contributed by atoms with Crippen LogP contribution in [-0.4, -0.2) is 43.5 Å². The largest absolute Gasteiger partial charge is 0.483 e. The number of ether oxygens (including phenoxy) is 1. The minimum absolute atomic E-state index is 0.00804. The predicted molar refractivity (Wildman–Crippen MR) is 103 cm³/mol. The van der Waals surface area contributed by atoms with E-state index >= 15 is 0 Å². The second-order valence-electron chi connectivity index (χ2n) is 6.92. The molecule has 0 spiro atoms. The highest BCUT2D eigenvalue weighted by molar-refractivity contribution is 6.02. The molecule has 2 aromatic rings. The number of anilines is 1. The lowest BCUT2D eigenvalue weighted by molar-refractivity contribution is -0.132. The van der Waals surface area contributed by atoms with E-state index in [4.69, 9.17) is 4.74 Å². The van der Waals surface area contributed by atoms with Gasteiger partial charge in [-0.3, -0.25) is 9.59 Å². The summed E-state index contributed by atoms with van der Waals surface area (Å²) < 4.78 is 5.87. The van der Waals surface area contributed by atoms with Gasteiger partial charge in [0.15, 0.2) is 6.61 Å². The summed E-state index contributed by atoms with van der Waals surface area (Å²) in [5, 5.41) is 3.03. The van der Waals surface area contributed by atoms with Crippen molar-refractivity contribution in [3.05, 3.63) is 59.7 Å². The third-order valence-corrected chi connectivity index (χ3v) is 5.21. The van der Waals surface area contributed by atoms with Crippen LogP contribution >= 0.6 is 0 Å². The predicted octanol–water partition coefficient (Wildman–Crippen LogP) is 2.57. The van der Waals surface area contributed by atoms with Crippen molar-refractivity contribution in [2.75, 3.05) is 31.6 Å². The average Bonchev–Trinajstić information content (AvgIpc) is 3.24. The van der Waals surface area contributed by atoms with Gasteiger partial charge in [0.25, 0.3) is 11.8 Å². The highest BCUT2D eigenvalue weighted by atomic mass is 16.5. The van der Waals surface area contributed by atoms with E-state index < -0.39 is 0 Å². The second kappa shape index (κ2) is 7.31. The molecule has 6 nitrogen and oxygen atoms in total. The molecule has 1 atom stereocenters. The van der Waals surface area contributed by atoms with Crippen molar-refractivity contribution in [3.63, 3.8) is 0 Å². The van der Waals surface area contributed by atoms with E-state index in [9.17, 15) is 9.59 Å². The maximum absolute atomic E-state index is 12.5. The van der Waals surface area contributed by atoms with E-state index in [1.165, 1.54) is 0 Å². The number of carbonyl (C=O) groups is 2. The summed E-state index contributed by atoms with van der Waals surface area (Å²) in [5.41, 5.74) is 2.35. The summed E-state index contributed by atoms with van der Waals surface area (Å²) in [4.78, 5) is 28.7. The van der Waals surface area contributed by atoms with Gasteiger partial charge >= 0.3 is 0 Å². The monoisotopic (exact) mass is 365 g/mol. The van der Waals surface area contributed by atoms with Crippen molar-refractivity contribution in [3.8, 4) is 5.75 Å². The SMILES string of the molecule is CN1c2ccccc2C(=O)NC1c1ccccc1OCC(=O)N1CCCC1. The zero-order chi connectivity index (χ0) is 18.8. The normalized spacial score (nSPS) is 18.9. The smallest absolute Gasteiger partial charge is 0.260 e. The first-order chi connectivity index (χ1) is 13.1. The number of hydrogen-bond donors (Lipinski definition) is 1. The Labute approximate surface area is 158 Å². The Balaban J connectivity index is 1.56. The third kappa shape index (κ3) is 3.35. The van der Waals surface area contributed by atoms with Gasteiger partial charge in [-0.15, -0.1) is 0 Å². The molecule has 0 radical (unpaired) electrons. The lowest BCUT2D eigenvalue weighted by Crippen LogP contribution is -2.44. The van der Waals surface area contributed by atoms with Gasteiger partial charge in [0.1, 0.15) is 11.9 Å². The van der Waals surface area contributed by atoms with Crippen LogP contribution in [-0.2, 0) is 4.79 Å². The summed E-state index contributed by atoms with van der Waals surface area (Å²) in [5.74, 6) is 0.506. The van der Waals surface area contributed by atoms with Gasteiger partial charge in [-0.05, 0) is 31.0 Å². The summed E-state index contributed by atoms with van der Waals surface area (Å²) in [6.45, 7) is 1.63. The maximum atomic E-state index is 12.5. The highest BCUT2D eigenvalue weighted by Crippen LogP contribution is 2.35.